The third-order valence-electron chi connectivity index (χ3n) is 1.79. The average molecular weight is 256 g/mol. The molecule has 0 saturated heterocycles. The van der Waals surface area contributed by atoms with Crippen LogP contribution in [0.15, 0.2) is 16.9 Å². The van der Waals surface area contributed by atoms with Crippen LogP contribution in [0, 0.1) is 0 Å². The Kier molecular flexibility index (Phi) is 2.20. The first-order valence-corrected chi connectivity index (χ1v) is 4.59. The highest BCUT2D eigenvalue weighted by Crippen LogP contribution is 2.18. The van der Waals surface area contributed by atoms with Crippen molar-refractivity contribution in [2.24, 2.45) is 0 Å². The molecule has 2 heterocycles. The normalized spacial score (nSPS) is 10.4. The van der Waals surface area contributed by atoms with E-state index in [-0.39, 0.29) is 5.69 Å². The number of rotatable bonds is 1. The van der Waals surface area contributed by atoms with E-state index >= 15 is 0 Å². The molecule has 0 unspecified atom stereocenters. The number of hydrogen-bond acceptors (Lipinski definition) is 4. The number of fused-ring (bicyclic) bond motifs is 1. The Morgan fingerprint density at radius 1 is 1.64 bits per heavy atom. The summed E-state index contributed by atoms with van der Waals surface area (Å²) in [6, 6.07) is 1.71. The number of carbonyl (C=O) groups is 1. The van der Waals surface area contributed by atoms with Gasteiger partial charge in [-0.05, 0) is 22.0 Å². The molecular weight excluding hydrogens is 250 g/mol. The number of nitrogens with one attached hydrogen (secondary N) is 1. The van der Waals surface area contributed by atoms with Gasteiger partial charge < -0.3 is 4.74 Å². The summed E-state index contributed by atoms with van der Waals surface area (Å²) in [5.41, 5.74) is 0.971. The Morgan fingerprint density at radius 2 is 2.43 bits per heavy atom. The van der Waals surface area contributed by atoms with Gasteiger partial charge in [0.1, 0.15) is 4.60 Å². The molecule has 0 spiro atoms. The van der Waals surface area contributed by atoms with Crippen molar-refractivity contribution in [3.05, 3.63) is 22.6 Å². The van der Waals surface area contributed by atoms with E-state index < -0.39 is 5.97 Å². The molecule has 0 fully saturated rings. The zero-order valence-electron chi connectivity index (χ0n) is 7.24. The van der Waals surface area contributed by atoms with Crippen LogP contribution in [-0.4, -0.2) is 28.3 Å². The highest BCUT2D eigenvalue weighted by molar-refractivity contribution is 9.10. The maximum absolute atomic E-state index is 11.3. The fraction of sp³-hybridized carbons (Fsp3) is 0.125. The highest BCUT2D eigenvalue weighted by Gasteiger charge is 2.14. The SMILES string of the molecule is COC(=O)c1n[nH]c2cnc(Br)cc12. The predicted molar refractivity (Wildman–Crippen MR) is 52.9 cm³/mol. The van der Waals surface area contributed by atoms with Crippen molar-refractivity contribution in [1.29, 1.82) is 0 Å². The molecular formula is C8H6BrN3O2. The van der Waals surface area contributed by atoms with Crippen molar-refractivity contribution in [3.63, 3.8) is 0 Å². The van der Waals surface area contributed by atoms with Crippen molar-refractivity contribution in [1.82, 2.24) is 15.2 Å². The van der Waals surface area contributed by atoms with Crippen molar-refractivity contribution in [2.45, 2.75) is 0 Å². The molecule has 2 aromatic rings. The number of esters is 1. The van der Waals surface area contributed by atoms with Crippen molar-refractivity contribution >= 4 is 32.8 Å². The Hall–Kier alpha value is -1.43. The summed E-state index contributed by atoms with van der Waals surface area (Å²) in [5, 5.41) is 7.24. The molecule has 6 heteroatoms. The Morgan fingerprint density at radius 3 is 3.14 bits per heavy atom. The van der Waals surface area contributed by atoms with Gasteiger partial charge in [-0.15, -0.1) is 0 Å². The van der Waals surface area contributed by atoms with E-state index in [2.05, 4.69) is 35.8 Å². The van der Waals surface area contributed by atoms with E-state index in [0.29, 0.717) is 15.5 Å². The summed E-state index contributed by atoms with van der Waals surface area (Å²) in [6.07, 6.45) is 1.60. The van der Waals surface area contributed by atoms with Gasteiger partial charge in [0.05, 0.1) is 18.8 Å². The molecule has 0 bridgehead atoms. The van der Waals surface area contributed by atoms with E-state index in [9.17, 15) is 4.79 Å². The van der Waals surface area contributed by atoms with E-state index in [4.69, 9.17) is 0 Å². The number of aromatic amines is 1. The Balaban J connectivity index is 2.67. The van der Waals surface area contributed by atoms with E-state index in [1.54, 1.807) is 12.3 Å². The largest absolute Gasteiger partial charge is 0.464 e. The first-order chi connectivity index (χ1) is 6.72. The van der Waals surface area contributed by atoms with Gasteiger partial charge in [0, 0.05) is 5.39 Å². The van der Waals surface area contributed by atoms with Gasteiger partial charge in [-0.1, -0.05) is 0 Å². The molecule has 5 nitrogen and oxygen atoms in total. The number of methoxy groups -OCH3 is 1. The van der Waals surface area contributed by atoms with Crippen molar-refractivity contribution in [2.75, 3.05) is 7.11 Å². The first kappa shape index (κ1) is 9.14. The van der Waals surface area contributed by atoms with Gasteiger partial charge in [-0.2, -0.15) is 5.10 Å². The molecule has 0 atom stereocenters. The number of ether oxygens (including phenoxy) is 1. The molecule has 14 heavy (non-hydrogen) atoms. The van der Waals surface area contributed by atoms with Crippen LogP contribution < -0.4 is 0 Å². The summed E-state index contributed by atoms with van der Waals surface area (Å²) in [7, 11) is 1.32. The van der Waals surface area contributed by atoms with Gasteiger partial charge >= 0.3 is 5.97 Å². The van der Waals surface area contributed by atoms with Crippen LogP contribution in [-0.2, 0) is 4.74 Å². The molecule has 2 rings (SSSR count). The molecule has 0 aromatic carbocycles. The topological polar surface area (TPSA) is 67.9 Å². The second kappa shape index (κ2) is 3.38. The van der Waals surface area contributed by atoms with Crippen LogP contribution in [0.25, 0.3) is 10.9 Å². The fourth-order valence-corrected chi connectivity index (χ4v) is 1.47. The second-order valence-corrected chi connectivity index (χ2v) is 3.43. The van der Waals surface area contributed by atoms with Crippen molar-refractivity contribution < 1.29 is 9.53 Å². The van der Waals surface area contributed by atoms with Crippen LogP contribution in [0.4, 0.5) is 0 Å². The quantitative estimate of drug-likeness (QED) is 0.620. The lowest BCUT2D eigenvalue weighted by Crippen LogP contribution is -2.01. The van der Waals surface area contributed by atoms with Crippen LogP contribution in [0.5, 0.6) is 0 Å². The lowest BCUT2D eigenvalue weighted by Gasteiger charge is -1.94. The summed E-state index contributed by atoms with van der Waals surface area (Å²) >= 11 is 3.22. The van der Waals surface area contributed by atoms with Gasteiger partial charge in [-0.25, -0.2) is 9.78 Å². The third kappa shape index (κ3) is 1.37. The van der Waals surface area contributed by atoms with E-state index in [1.807, 2.05) is 0 Å². The second-order valence-electron chi connectivity index (χ2n) is 2.62. The minimum atomic E-state index is -0.464. The fourth-order valence-electron chi connectivity index (χ4n) is 1.14. The Labute approximate surface area is 87.6 Å². The molecule has 0 aliphatic rings. The maximum Gasteiger partial charge on any atom is 0.359 e. The number of H-pyrrole nitrogens is 1. The minimum absolute atomic E-state index is 0.269. The van der Waals surface area contributed by atoms with Crippen LogP contribution >= 0.6 is 15.9 Å². The smallest absolute Gasteiger partial charge is 0.359 e. The standard InChI is InChI=1S/C8H6BrN3O2/c1-14-8(13)7-4-2-6(9)10-3-5(4)11-12-7/h2-3H,1H3,(H,11,12). The summed E-state index contributed by atoms with van der Waals surface area (Å²) in [6.45, 7) is 0. The monoisotopic (exact) mass is 255 g/mol. The molecule has 72 valence electrons. The molecule has 0 radical (unpaired) electrons. The average Bonchev–Trinajstić information content (AvgIpc) is 2.59. The number of hydrogen-bond donors (Lipinski definition) is 1. The number of carbonyl (C=O) groups excluding carboxylic acids is 1. The molecule has 0 amide bonds. The zero-order chi connectivity index (χ0) is 10.1. The van der Waals surface area contributed by atoms with Gasteiger partial charge in [0.15, 0.2) is 5.69 Å². The van der Waals surface area contributed by atoms with Gasteiger partial charge in [0.25, 0.3) is 0 Å². The highest BCUT2D eigenvalue weighted by atomic mass is 79.9. The number of halogens is 1. The Bertz CT molecular complexity index is 494. The van der Waals surface area contributed by atoms with Crippen LogP contribution in [0.1, 0.15) is 10.5 Å². The number of aromatic nitrogens is 3. The minimum Gasteiger partial charge on any atom is -0.464 e. The number of pyridine rings is 1. The van der Waals surface area contributed by atoms with Gasteiger partial charge in [0.2, 0.25) is 0 Å². The van der Waals surface area contributed by atoms with Gasteiger partial charge in [-0.3, -0.25) is 5.10 Å². The number of nitrogens with zero attached hydrogens (tertiary/aromatic N) is 2. The molecule has 0 saturated carbocycles. The van der Waals surface area contributed by atoms with Crippen molar-refractivity contribution in [3.8, 4) is 0 Å². The van der Waals surface area contributed by atoms with E-state index in [0.717, 1.165) is 0 Å². The summed E-state index contributed by atoms with van der Waals surface area (Å²) < 4.78 is 5.24. The zero-order valence-corrected chi connectivity index (χ0v) is 8.83. The summed E-state index contributed by atoms with van der Waals surface area (Å²) in [4.78, 5) is 15.3. The maximum atomic E-state index is 11.3. The molecule has 0 aliphatic carbocycles. The lowest BCUT2D eigenvalue weighted by atomic mass is 10.2. The predicted octanol–water partition coefficient (Wildman–Crippen LogP) is 1.51. The van der Waals surface area contributed by atoms with Crippen LogP contribution in [0.2, 0.25) is 0 Å². The molecule has 1 N–H and O–H groups in total. The molecule has 0 aliphatic heterocycles. The molecule has 2 aromatic heterocycles. The van der Waals surface area contributed by atoms with E-state index in [1.165, 1.54) is 7.11 Å². The third-order valence-corrected chi connectivity index (χ3v) is 2.23. The van der Waals surface area contributed by atoms with Crippen LogP contribution in [0.3, 0.4) is 0 Å². The summed E-state index contributed by atoms with van der Waals surface area (Å²) in [5.74, 6) is -0.464. The first-order valence-electron chi connectivity index (χ1n) is 3.80. The lowest BCUT2D eigenvalue weighted by molar-refractivity contribution is 0.0596.